The molecule has 4 nitrogen and oxygen atoms in total. The minimum atomic E-state index is -0.780. The van der Waals surface area contributed by atoms with E-state index in [2.05, 4.69) is 5.32 Å². The quantitative estimate of drug-likeness (QED) is 0.517. The summed E-state index contributed by atoms with van der Waals surface area (Å²) in [6.07, 6.45) is 0.251. The van der Waals surface area contributed by atoms with Crippen LogP contribution in [0.2, 0.25) is 0 Å². The summed E-state index contributed by atoms with van der Waals surface area (Å²) in [6.45, 7) is 2.48. The zero-order valence-electron chi connectivity index (χ0n) is 6.29. The largest absolute Gasteiger partial charge is 0.465 e. The fraction of sp³-hybridized carbons (Fsp3) is 0.857. The Balaban J connectivity index is 1.93. The van der Waals surface area contributed by atoms with Crippen molar-refractivity contribution in [3.8, 4) is 0 Å². The Morgan fingerprint density at radius 3 is 2.91 bits per heavy atom. The van der Waals surface area contributed by atoms with E-state index in [9.17, 15) is 4.79 Å². The molecule has 62 valence electrons. The highest BCUT2D eigenvalue weighted by Crippen LogP contribution is 2.23. The highest BCUT2D eigenvalue weighted by Gasteiger charge is 2.36. The van der Waals surface area contributed by atoms with Crippen LogP contribution in [-0.4, -0.2) is 41.8 Å². The van der Waals surface area contributed by atoms with Gasteiger partial charge in [-0.1, -0.05) is 0 Å². The molecule has 11 heavy (non-hydrogen) atoms. The maximum atomic E-state index is 10.5. The van der Waals surface area contributed by atoms with E-state index in [1.807, 2.05) is 0 Å². The van der Waals surface area contributed by atoms with Gasteiger partial charge in [-0.2, -0.15) is 0 Å². The zero-order valence-corrected chi connectivity index (χ0v) is 6.29. The molecule has 0 radical (unpaired) electrons. The number of piperidine rings is 1. The summed E-state index contributed by atoms with van der Waals surface area (Å²) in [5.41, 5.74) is 0. The second kappa shape index (κ2) is 2.37. The van der Waals surface area contributed by atoms with E-state index >= 15 is 0 Å². The van der Waals surface area contributed by atoms with E-state index in [4.69, 9.17) is 5.11 Å². The second-order valence-corrected chi connectivity index (χ2v) is 3.29. The van der Waals surface area contributed by atoms with Crippen molar-refractivity contribution in [2.75, 3.05) is 19.6 Å². The molecule has 0 aromatic rings. The minimum absolute atomic E-state index is 0.444. The molecule has 0 aromatic carbocycles. The Kier molecular flexibility index (Phi) is 1.49. The highest BCUT2D eigenvalue weighted by atomic mass is 16.4. The first-order valence-electron chi connectivity index (χ1n) is 3.98. The van der Waals surface area contributed by atoms with Gasteiger partial charge in [-0.05, 0) is 18.9 Å². The maximum absolute atomic E-state index is 10.5. The van der Waals surface area contributed by atoms with Crippen LogP contribution in [0.1, 0.15) is 6.42 Å². The van der Waals surface area contributed by atoms with Crippen molar-refractivity contribution < 1.29 is 9.90 Å². The molecule has 0 aromatic heterocycles. The van der Waals surface area contributed by atoms with Gasteiger partial charge in [0.1, 0.15) is 0 Å². The average molecular weight is 156 g/mol. The first-order chi connectivity index (χ1) is 5.27. The summed E-state index contributed by atoms with van der Waals surface area (Å²) in [6, 6.07) is 0.444. The number of amides is 1. The number of carboxylic acid groups (broad SMARTS) is 1. The number of hydrogen-bond donors (Lipinski definition) is 2. The molecule has 0 aliphatic carbocycles. The van der Waals surface area contributed by atoms with Gasteiger partial charge in [0.2, 0.25) is 0 Å². The summed E-state index contributed by atoms with van der Waals surface area (Å²) >= 11 is 0. The van der Waals surface area contributed by atoms with Gasteiger partial charge in [0.15, 0.2) is 0 Å². The fourth-order valence-corrected chi connectivity index (χ4v) is 1.79. The molecule has 2 rings (SSSR count). The van der Waals surface area contributed by atoms with E-state index in [1.165, 1.54) is 4.90 Å². The van der Waals surface area contributed by atoms with Gasteiger partial charge in [-0.25, -0.2) is 4.79 Å². The third kappa shape index (κ3) is 1.07. The number of nitrogens with zero attached hydrogens (tertiary/aromatic N) is 1. The molecule has 2 aliphatic heterocycles. The van der Waals surface area contributed by atoms with Crippen LogP contribution >= 0.6 is 0 Å². The molecule has 4 heteroatoms. The Labute approximate surface area is 65.2 Å². The van der Waals surface area contributed by atoms with Gasteiger partial charge in [0, 0.05) is 19.1 Å². The summed E-state index contributed by atoms with van der Waals surface area (Å²) < 4.78 is 0. The van der Waals surface area contributed by atoms with Gasteiger partial charge in [-0.3, -0.25) is 0 Å². The van der Waals surface area contributed by atoms with Crippen LogP contribution in [-0.2, 0) is 0 Å². The first-order valence-corrected chi connectivity index (χ1v) is 3.98. The summed E-state index contributed by atoms with van der Waals surface area (Å²) in [5, 5.41) is 11.9. The molecule has 1 amide bonds. The lowest BCUT2D eigenvalue weighted by Crippen LogP contribution is -2.62. The van der Waals surface area contributed by atoms with Crippen LogP contribution < -0.4 is 5.32 Å². The number of likely N-dealkylation sites (tertiary alicyclic amines) is 1. The minimum Gasteiger partial charge on any atom is -0.465 e. The summed E-state index contributed by atoms with van der Waals surface area (Å²) in [5.74, 6) is 0.741. The predicted octanol–water partition coefficient (Wildman–Crippen LogP) is -0.0419. The van der Waals surface area contributed by atoms with Crippen molar-refractivity contribution in [3.05, 3.63) is 0 Å². The smallest absolute Gasteiger partial charge is 0.407 e. The molecule has 2 atom stereocenters. The highest BCUT2D eigenvalue weighted by molar-refractivity contribution is 5.65. The van der Waals surface area contributed by atoms with Crippen molar-refractivity contribution in [2.24, 2.45) is 5.92 Å². The lowest BCUT2D eigenvalue weighted by molar-refractivity contribution is 0.0765. The summed E-state index contributed by atoms with van der Waals surface area (Å²) in [7, 11) is 0. The fourth-order valence-electron chi connectivity index (χ4n) is 1.79. The van der Waals surface area contributed by atoms with Crippen LogP contribution in [0.3, 0.4) is 0 Å². The number of hydrogen-bond acceptors (Lipinski definition) is 2. The molecule has 2 aliphatic rings. The van der Waals surface area contributed by atoms with Crippen LogP contribution in [0.4, 0.5) is 4.79 Å². The van der Waals surface area contributed by atoms with Crippen molar-refractivity contribution >= 4 is 6.09 Å². The van der Waals surface area contributed by atoms with Crippen molar-refractivity contribution in [3.63, 3.8) is 0 Å². The molecule has 2 N–H and O–H groups in total. The topological polar surface area (TPSA) is 52.6 Å². The first kappa shape index (κ1) is 6.91. The number of nitrogens with one attached hydrogen (secondary N) is 1. The monoisotopic (exact) mass is 156 g/mol. The van der Waals surface area contributed by atoms with Crippen LogP contribution in [0, 0.1) is 5.92 Å². The Bertz CT molecular complexity index is 183. The van der Waals surface area contributed by atoms with Crippen molar-refractivity contribution in [1.29, 1.82) is 0 Å². The third-order valence-electron chi connectivity index (χ3n) is 2.67. The summed E-state index contributed by atoms with van der Waals surface area (Å²) in [4.78, 5) is 12.0. The van der Waals surface area contributed by atoms with E-state index < -0.39 is 6.09 Å². The Hall–Kier alpha value is -0.770. The zero-order chi connectivity index (χ0) is 7.84. The SMILES string of the molecule is O=C(O)N1CC[C@H]2CN[C@H]2C1. The lowest BCUT2D eigenvalue weighted by atomic mass is 9.85. The van der Waals surface area contributed by atoms with E-state index in [1.54, 1.807) is 0 Å². The number of rotatable bonds is 0. The van der Waals surface area contributed by atoms with Crippen LogP contribution in [0.25, 0.3) is 0 Å². The number of carbonyl (C=O) groups is 1. The molecular weight excluding hydrogens is 144 g/mol. The molecule has 2 fully saturated rings. The van der Waals surface area contributed by atoms with Crippen LogP contribution in [0.15, 0.2) is 0 Å². The van der Waals surface area contributed by atoms with E-state index in [-0.39, 0.29) is 0 Å². The molecular formula is C7H12N2O2. The van der Waals surface area contributed by atoms with Crippen LogP contribution in [0.5, 0.6) is 0 Å². The molecule has 2 saturated heterocycles. The molecule has 0 bridgehead atoms. The van der Waals surface area contributed by atoms with Gasteiger partial charge in [0.05, 0.1) is 0 Å². The predicted molar refractivity (Wildman–Crippen MR) is 39.5 cm³/mol. The lowest BCUT2D eigenvalue weighted by Gasteiger charge is -2.45. The molecule has 0 spiro atoms. The van der Waals surface area contributed by atoms with Gasteiger partial charge < -0.3 is 15.3 Å². The van der Waals surface area contributed by atoms with Gasteiger partial charge in [0.25, 0.3) is 0 Å². The van der Waals surface area contributed by atoms with Gasteiger partial charge in [-0.15, -0.1) is 0 Å². The Morgan fingerprint density at radius 1 is 1.64 bits per heavy atom. The van der Waals surface area contributed by atoms with E-state index in [0.717, 1.165) is 25.4 Å². The second-order valence-electron chi connectivity index (χ2n) is 3.29. The van der Waals surface area contributed by atoms with Crippen molar-refractivity contribution in [1.82, 2.24) is 10.2 Å². The normalized spacial score (nSPS) is 35.8. The molecule has 0 saturated carbocycles. The van der Waals surface area contributed by atoms with E-state index in [0.29, 0.717) is 12.6 Å². The maximum Gasteiger partial charge on any atom is 0.407 e. The third-order valence-corrected chi connectivity index (χ3v) is 2.67. The van der Waals surface area contributed by atoms with Gasteiger partial charge >= 0.3 is 6.09 Å². The average Bonchev–Trinajstić information content (AvgIpc) is 1.91. The molecule has 0 unspecified atom stereocenters. The number of fused-ring (bicyclic) bond motifs is 1. The molecule has 2 heterocycles. The standard InChI is InChI=1S/C7H12N2O2/c10-7(11)9-2-1-5-3-8-6(5)4-9/h5-6,8H,1-4H2,(H,10,11)/t5-,6-/m0/s1. The Morgan fingerprint density at radius 2 is 2.45 bits per heavy atom. The van der Waals surface area contributed by atoms with Crippen molar-refractivity contribution in [2.45, 2.75) is 12.5 Å².